The van der Waals surface area contributed by atoms with Crippen molar-refractivity contribution in [2.24, 2.45) is 5.92 Å². The average Bonchev–Trinajstić information content (AvgIpc) is 2.70. The van der Waals surface area contributed by atoms with Crippen LogP contribution >= 0.6 is 0 Å². The monoisotopic (exact) mass is 228 g/mol. The van der Waals surface area contributed by atoms with E-state index in [1.54, 1.807) is 0 Å². The first kappa shape index (κ1) is 10.4. The van der Waals surface area contributed by atoms with Gasteiger partial charge in [-0.05, 0) is 30.9 Å². The summed E-state index contributed by atoms with van der Waals surface area (Å²) in [6, 6.07) is 10.2. The van der Waals surface area contributed by atoms with Crippen LogP contribution in [0.1, 0.15) is 30.3 Å². The van der Waals surface area contributed by atoms with E-state index in [9.17, 15) is 4.79 Å². The molecule has 3 rings (SSSR count). The molecule has 1 aliphatic carbocycles. The van der Waals surface area contributed by atoms with Crippen LogP contribution in [0.5, 0.6) is 0 Å². The Balaban J connectivity index is 1.76. The number of nitrogens with one attached hydrogen (secondary N) is 2. The van der Waals surface area contributed by atoms with Gasteiger partial charge in [0, 0.05) is 16.9 Å². The fraction of sp³-hybridized carbons (Fsp3) is 0.357. The molecule has 1 aromatic carbocycles. The lowest BCUT2D eigenvalue weighted by Crippen LogP contribution is -2.43. The van der Waals surface area contributed by atoms with Crippen LogP contribution in [0.2, 0.25) is 0 Å². The van der Waals surface area contributed by atoms with Gasteiger partial charge in [-0.25, -0.2) is 0 Å². The number of hydrogen-bond donors (Lipinski definition) is 2. The van der Waals surface area contributed by atoms with Crippen LogP contribution in [-0.2, 0) is 0 Å². The Morgan fingerprint density at radius 3 is 2.82 bits per heavy atom. The molecule has 0 bridgehead atoms. The molecule has 3 heteroatoms. The molecule has 1 aromatic heterocycles. The summed E-state index contributed by atoms with van der Waals surface area (Å²) >= 11 is 0. The molecule has 1 aliphatic rings. The van der Waals surface area contributed by atoms with Crippen molar-refractivity contribution < 1.29 is 4.79 Å². The standard InChI is InChI=1S/C14H16N2O/c1-9-6-11(7-9)15-14(17)13-8-10-4-2-3-5-12(10)16-13/h2-5,8-9,11,16H,6-7H2,1H3,(H,15,17). The molecule has 2 aromatic rings. The summed E-state index contributed by atoms with van der Waals surface area (Å²) in [5.74, 6) is 0.765. The summed E-state index contributed by atoms with van der Waals surface area (Å²) in [5.41, 5.74) is 1.67. The molecule has 1 amide bonds. The lowest BCUT2D eigenvalue weighted by atomic mass is 9.82. The van der Waals surface area contributed by atoms with Crippen molar-refractivity contribution in [1.82, 2.24) is 10.3 Å². The summed E-state index contributed by atoms with van der Waals surface area (Å²) < 4.78 is 0. The van der Waals surface area contributed by atoms with E-state index in [-0.39, 0.29) is 5.91 Å². The van der Waals surface area contributed by atoms with Crippen LogP contribution in [0.4, 0.5) is 0 Å². The van der Waals surface area contributed by atoms with E-state index >= 15 is 0 Å². The minimum absolute atomic E-state index is 0.0121. The molecule has 88 valence electrons. The second-order valence-corrected chi connectivity index (χ2v) is 5.02. The lowest BCUT2D eigenvalue weighted by molar-refractivity contribution is 0.0892. The third-order valence-corrected chi connectivity index (χ3v) is 3.48. The molecule has 0 spiro atoms. The number of rotatable bonds is 2. The predicted octanol–water partition coefficient (Wildman–Crippen LogP) is 2.70. The highest BCUT2D eigenvalue weighted by molar-refractivity contribution is 5.98. The largest absolute Gasteiger partial charge is 0.351 e. The van der Waals surface area contributed by atoms with Gasteiger partial charge in [-0.2, -0.15) is 0 Å². The van der Waals surface area contributed by atoms with Crippen LogP contribution < -0.4 is 5.32 Å². The summed E-state index contributed by atoms with van der Waals surface area (Å²) in [6.07, 6.45) is 2.21. The fourth-order valence-electron chi connectivity index (χ4n) is 2.48. The summed E-state index contributed by atoms with van der Waals surface area (Å²) in [5, 5.41) is 4.14. The number of carbonyl (C=O) groups excluding carboxylic acids is 1. The highest BCUT2D eigenvalue weighted by Gasteiger charge is 2.27. The number of benzene rings is 1. The topological polar surface area (TPSA) is 44.9 Å². The van der Waals surface area contributed by atoms with Crippen molar-refractivity contribution in [3.63, 3.8) is 0 Å². The van der Waals surface area contributed by atoms with Crippen molar-refractivity contribution >= 4 is 16.8 Å². The molecule has 0 aliphatic heterocycles. The molecule has 0 saturated heterocycles. The van der Waals surface area contributed by atoms with Crippen LogP contribution in [-0.4, -0.2) is 16.9 Å². The predicted molar refractivity (Wildman–Crippen MR) is 68.0 cm³/mol. The van der Waals surface area contributed by atoms with E-state index in [0.717, 1.165) is 29.7 Å². The molecule has 17 heavy (non-hydrogen) atoms. The Bertz CT molecular complexity index is 519. The number of hydrogen-bond acceptors (Lipinski definition) is 1. The van der Waals surface area contributed by atoms with Crippen LogP contribution in [0, 0.1) is 5.92 Å². The van der Waals surface area contributed by atoms with Crippen molar-refractivity contribution in [1.29, 1.82) is 0 Å². The average molecular weight is 228 g/mol. The second-order valence-electron chi connectivity index (χ2n) is 5.02. The maximum atomic E-state index is 12.0. The van der Waals surface area contributed by atoms with E-state index in [0.29, 0.717) is 11.7 Å². The number of aromatic amines is 1. The number of H-pyrrole nitrogens is 1. The maximum Gasteiger partial charge on any atom is 0.267 e. The third kappa shape index (κ3) is 1.93. The first-order valence-electron chi connectivity index (χ1n) is 6.11. The smallest absolute Gasteiger partial charge is 0.267 e. The van der Waals surface area contributed by atoms with Gasteiger partial charge in [-0.1, -0.05) is 25.1 Å². The number of fused-ring (bicyclic) bond motifs is 1. The number of amides is 1. The number of para-hydroxylation sites is 1. The van der Waals surface area contributed by atoms with Gasteiger partial charge in [0.1, 0.15) is 5.69 Å². The van der Waals surface area contributed by atoms with E-state index in [1.807, 2.05) is 30.3 Å². The van der Waals surface area contributed by atoms with E-state index < -0.39 is 0 Å². The van der Waals surface area contributed by atoms with Crippen LogP contribution in [0.25, 0.3) is 10.9 Å². The molecule has 1 fully saturated rings. The quantitative estimate of drug-likeness (QED) is 0.815. The summed E-state index contributed by atoms with van der Waals surface area (Å²) in [4.78, 5) is 15.1. The van der Waals surface area contributed by atoms with E-state index in [1.165, 1.54) is 0 Å². The molecule has 0 atom stereocenters. The van der Waals surface area contributed by atoms with E-state index in [4.69, 9.17) is 0 Å². The Morgan fingerprint density at radius 1 is 1.35 bits per heavy atom. The number of carbonyl (C=O) groups is 1. The zero-order valence-corrected chi connectivity index (χ0v) is 9.86. The van der Waals surface area contributed by atoms with Crippen molar-refractivity contribution in [2.45, 2.75) is 25.8 Å². The zero-order valence-electron chi connectivity index (χ0n) is 9.86. The van der Waals surface area contributed by atoms with Crippen molar-refractivity contribution in [2.75, 3.05) is 0 Å². The Labute approximate surface area is 100 Å². The molecule has 1 heterocycles. The minimum Gasteiger partial charge on any atom is -0.351 e. The summed E-state index contributed by atoms with van der Waals surface area (Å²) in [7, 11) is 0. The van der Waals surface area contributed by atoms with Gasteiger partial charge in [0.2, 0.25) is 0 Å². The molecule has 3 nitrogen and oxygen atoms in total. The molecular formula is C14H16N2O. The molecule has 0 radical (unpaired) electrons. The van der Waals surface area contributed by atoms with Gasteiger partial charge in [-0.3, -0.25) is 4.79 Å². The lowest BCUT2D eigenvalue weighted by Gasteiger charge is -2.33. The first-order valence-corrected chi connectivity index (χ1v) is 6.11. The highest BCUT2D eigenvalue weighted by atomic mass is 16.1. The Hall–Kier alpha value is -1.77. The normalized spacial score (nSPS) is 23.4. The summed E-state index contributed by atoms with van der Waals surface area (Å²) in [6.45, 7) is 2.21. The van der Waals surface area contributed by atoms with Gasteiger partial charge in [0.05, 0.1) is 0 Å². The Morgan fingerprint density at radius 2 is 2.12 bits per heavy atom. The van der Waals surface area contributed by atoms with Crippen LogP contribution in [0.15, 0.2) is 30.3 Å². The molecule has 1 saturated carbocycles. The zero-order chi connectivity index (χ0) is 11.8. The highest BCUT2D eigenvalue weighted by Crippen LogP contribution is 2.26. The molecular weight excluding hydrogens is 212 g/mol. The second kappa shape index (κ2) is 3.91. The van der Waals surface area contributed by atoms with Gasteiger partial charge < -0.3 is 10.3 Å². The van der Waals surface area contributed by atoms with Crippen LogP contribution in [0.3, 0.4) is 0 Å². The minimum atomic E-state index is 0.0121. The van der Waals surface area contributed by atoms with E-state index in [2.05, 4.69) is 17.2 Å². The van der Waals surface area contributed by atoms with Gasteiger partial charge in [0.25, 0.3) is 5.91 Å². The van der Waals surface area contributed by atoms with Gasteiger partial charge in [0.15, 0.2) is 0 Å². The maximum absolute atomic E-state index is 12.0. The SMILES string of the molecule is CC1CC(NC(=O)c2cc3ccccc3[nH]2)C1. The first-order chi connectivity index (χ1) is 8.22. The molecule has 2 N–H and O–H groups in total. The Kier molecular flexibility index (Phi) is 2.39. The van der Waals surface area contributed by atoms with Gasteiger partial charge in [-0.15, -0.1) is 0 Å². The fourth-order valence-corrected chi connectivity index (χ4v) is 2.48. The number of aromatic nitrogens is 1. The van der Waals surface area contributed by atoms with Crippen molar-refractivity contribution in [3.05, 3.63) is 36.0 Å². The third-order valence-electron chi connectivity index (χ3n) is 3.48. The van der Waals surface area contributed by atoms with Gasteiger partial charge >= 0.3 is 0 Å². The molecule has 0 unspecified atom stereocenters. The van der Waals surface area contributed by atoms with Crippen molar-refractivity contribution in [3.8, 4) is 0 Å².